The first-order valence-electron chi connectivity index (χ1n) is 7.50. The fourth-order valence-corrected chi connectivity index (χ4v) is 4.13. The highest BCUT2D eigenvalue weighted by Crippen LogP contribution is 2.52. The number of anilines is 1. The Kier molecular flexibility index (Phi) is 3.14. The van der Waals surface area contributed by atoms with Crippen molar-refractivity contribution in [1.29, 1.82) is 0 Å². The molecule has 1 saturated carbocycles. The molecule has 1 aromatic heterocycles. The lowest BCUT2D eigenvalue weighted by Crippen LogP contribution is -2.37. The largest absolute Gasteiger partial charge is 0.308 e. The molecule has 1 spiro atoms. The zero-order valence-corrected chi connectivity index (χ0v) is 12.8. The topological polar surface area (TPSA) is 63.9 Å². The van der Waals surface area contributed by atoms with Crippen LogP contribution < -0.4 is 4.90 Å². The molecular formula is C15H16ClN5O. The van der Waals surface area contributed by atoms with Crippen LogP contribution >= 0.6 is 11.6 Å². The van der Waals surface area contributed by atoms with Gasteiger partial charge in [0, 0.05) is 12.0 Å². The maximum Gasteiger partial charge on any atom is 0.248 e. The van der Waals surface area contributed by atoms with Crippen molar-refractivity contribution in [3.63, 3.8) is 0 Å². The molecule has 7 heteroatoms. The maximum absolute atomic E-state index is 12.7. The van der Waals surface area contributed by atoms with Gasteiger partial charge in [0.25, 0.3) is 0 Å². The van der Waals surface area contributed by atoms with Crippen LogP contribution in [0.5, 0.6) is 0 Å². The number of fused-ring (bicyclic) bond motifs is 2. The van der Waals surface area contributed by atoms with E-state index >= 15 is 0 Å². The summed E-state index contributed by atoms with van der Waals surface area (Å²) in [4.78, 5) is 14.5. The lowest BCUT2D eigenvalue weighted by Gasteiger charge is -2.24. The van der Waals surface area contributed by atoms with Crippen LogP contribution in [0, 0.1) is 0 Å². The molecule has 22 heavy (non-hydrogen) atoms. The third-order valence-electron chi connectivity index (χ3n) is 4.84. The van der Waals surface area contributed by atoms with Crippen LogP contribution in [-0.2, 0) is 16.8 Å². The quantitative estimate of drug-likeness (QED) is 0.851. The molecule has 2 aliphatic rings. The Morgan fingerprint density at radius 1 is 1.32 bits per heavy atom. The van der Waals surface area contributed by atoms with Gasteiger partial charge in [-0.25, -0.2) is 4.68 Å². The number of rotatable bonds is 2. The van der Waals surface area contributed by atoms with Crippen molar-refractivity contribution in [2.75, 3.05) is 11.4 Å². The average Bonchev–Trinajstić information content (AvgIpc) is 3.22. The predicted octanol–water partition coefficient (Wildman–Crippen LogP) is 2.19. The van der Waals surface area contributed by atoms with E-state index in [1.165, 1.54) is 29.4 Å². The van der Waals surface area contributed by atoms with Gasteiger partial charge in [-0.15, -0.1) is 5.10 Å². The number of para-hydroxylation sites is 1. The van der Waals surface area contributed by atoms with Gasteiger partial charge < -0.3 is 4.90 Å². The third-order valence-corrected chi connectivity index (χ3v) is 5.14. The van der Waals surface area contributed by atoms with Gasteiger partial charge in [0.15, 0.2) is 0 Å². The fourth-order valence-electron chi connectivity index (χ4n) is 3.85. The van der Waals surface area contributed by atoms with Gasteiger partial charge in [-0.1, -0.05) is 36.6 Å². The van der Waals surface area contributed by atoms with Gasteiger partial charge in [0.2, 0.25) is 5.91 Å². The Hall–Kier alpha value is -1.95. The zero-order chi connectivity index (χ0) is 15.2. The molecule has 1 amide bonds. The minimum Gasteiger partial charge on any atom is -0.308 e. The molecule has 1 aliphatic heterocycles. The summed E-state index contributed by atoms with van der Waals surface area (Å²) >= 11 is 6.41. The van der Waals surface area contributed by atoms with Crippen LogP contribution in [0.25, 0.3) is 0 Å². The number of hydrogen-bond acceptors (Lipinski definition) is 4. The Labute approximate surface area is 133 Å². The first kappa shape index (κ1) is 13.7. The summed E-state index contributed by atoms with van der Waals surface area (Å²) in [6.07, 6.45) is 6.11. The van der Waals surface area contributed by atoms with Crippen LogP contribution in [0.3, 0.4) is 0 Å². The first-order valence-corrected chi connectivity index (χ1v) is 7.88. The second kappa shape index (κ2) is 5.05. The number of amides is 1. The van der Waals surface area contributed by atoms with Gasteiger partial charge in [0.05, 0.1) is 10.7 Å². The van der Waals surface area contributed by atoms with E-state index in [1.807, 2.05) is 17.0 Å². The van der Waals surface area contributed by atoms with E-state index in [1.54, 1.807) is 0 Å². The molecule has 4 rings (SSSR count). The molecule has 0 unspecified atom stereocenters. The van der Waals surface area contributed by atoms with Gasteiger partial charge in [-0.3, -0.25) is 4.79 Å². The van der Waals surface area contributed by atoms with Crippen molar-refractivity contribution in [2.45, 2.75) is 37.6 Å². The number of nitrogens with zero attached hydrogens (tertiary/aromatic N) is 5. The molecule has 0 bridgehead atoms. The maximum atomic E-state index is 12.7. The van der Waals surface area contributed by atoms with Crippen molar-refractivity contribution in [2.24, 2.45) is 0 Å². The molecule has 1 aromatic carbocycles. The monoisotopic (exact) mass is 317 g/mol. The van der Waals surface area contributed by atoms with E-state index in [0.717, 1.165) is 18.5 Å². The first-order chi connectivity index (χ1) is 10.7. The molecule has 0 saturated heterocycles. The van der Waals surface area contributed by atoms with Crippen LogP contribution in [0.2, 0.25) is 5.02 Å². The highest BCUT2D eigenvalue weighted by molar-refractivity contribution is 6.34. The molecule has 0 radical (unpaired) electrons. The summed E-state index contributed by atoms with van der Waals surface area (Å²) in [5.41, 5.74) is 2.18. The second-order valence-electron chi connectivity index (χ2n) is 6.11. The third kappa shape index (κ3) is 2.01. The van der Waals surface area contributed by atoms with Crippen LogP contribution in [0.15, 0.2) is 24.5 Å². The van der Waals surface area contributed by atoms with Crippen LogP contribution in [0.4, 0.5) is 5.69 Å². The van der Waals surface area contributed by atoms with E-state index in [0.29, 0.717) is 11.6 Å². The molecule has 1 fully saturated rings. The molecule has 1 aliphatic carbocycles. The summed E-state index contributed by atoms with van der Waals surface area (Å²) in [5, 5.41) is 11.6. The summed E-state index contributed by atoms with van der Waals surface area (Å²) < 4.78 is 1.44. The van der Waals surface area contributed by atoms with Crippen molar-refractivity contribution < 1.29 is 4.79 Å². The highest BCUT2D eigenvalue weighted by atomic mass is 35.5. The van der Waals surface area contributed by atoms with Gasteiger partial charge >= 0.3 is 0 Å². The molecule has 0 N–H and O–H groups in total. The van der Waals surface area contributed by atoms with E-state index in [4.69, 9.17) is 11.6 Å². The summed E-state index contributed by atoms with van der Waals surface area (Å²) in [7, 11) is 0. The van der Waals surface area contributed by atoms with Gasteiger partial charge in [0.1, 0.15) is 12.9 Å². The average molecular weight is 318 g/mol. The molecule has 2 aromatic rings. The van der Waals surface area contributed by atoms with Gasteiger partial charge in [-0.05, 0) is 34.9 Å². The fraction of sp³-hybridized carbons (Fsp3) is 0.467. The van der Waals surface area contributed by atoms with Crippen molar-refractivity contribution in [1.82, 2.24) is 20.2 Å². The molecule has 2 heterocycles. The summed E-state index contributed by atoms with van der Waals surface area (Å²) in [6, 6.07) is 5.96. The number of benzene rings is 1. The van der Waals surface area contributed by atoms with E-state index < -0.39 is 0 Å². The Bertz CT molecular complexity index is 709. The molecular weight excluding hydrogens is 302 g/mol. The summed E-state index contributed by atoms with van der Waals surface area (Å²) in [5.74, 6) is -0.0228. The number of hydrogen-bond donors (Lipinski definition) is 0. The Morgan fingerprint density at radius 3 is 2.86 bits per heavy atom. The van der Waals surface area contributed by atoms with Crippen LogP contribution in [0.1, 0.15) is 31.2 Å². The number of aromatic nitrogens is 4. The number of carbonyl (C=O) groups excluding carboxylic acids is 1. The zero-order valence-electron chi connectivity index (χ0n) is 12.1. The minimum absolute atomic E-state index is 0.0228. The predicted molar refractivity (Wildman–Crippen MR) is 81.8 cm³/mol. The van der Waals surface area contributed by atoms with Gasteiger partial charge in [-0.2, -0.15) is 0 Å². The van der Waals surface area contributed by atoms with E-state index in [2.05, 4.69) is 21.6 Å². The SMILES string of the molecule is O=C(Cn1cnnn1)N1CC2(CCCC2)c2cccc(Cl)c21. The number of halogens is 1. The second-order valence-corrected chi connectivity index (χ2v) is 6.52. The van der Waals surface area contributed by atoms with E-state index in [9.17, 15) is 4.79 Å². The smallest absolute Gasteiger partial charge is 0.248 e. The lowest BCUT2D eigenvalue weighted by atomic mass is 9.81. The van der Waals surface area contributed by atoms with Crippen molar-refractivity contribution in [3.05, 3.63) is 35.1 Å². The van der Waals surface area contributed by atoms with Crippen LogP contribution in [-0.4, -0.2) is 32.7 Å². The summed E-state index contributed by atoms with van der Waals surface area (Å²) in [6.45, 7) is 0.848. The Balaban J connectivity index is 1.71. The molecule has 6 nitrogen and oxygen atoms in total. The van der Waals surface area contributed by atoms with E-state index in [-0.39, 0.29) is 17.9 Å². The lowest BCUT2D eigenvalue weighted by molar-refractivity contribution is -0.119. The normalized spacial score (nSPS) is 18.9. The van der Waals surface area contributed by atoms with Crippen molar-refractivity contribution >= 4 is 23.2 Å². The Morgan fingerprint density at radius 2 is 2.14 bits per heavy atom. The standard InChI is InChI=1S/C15H16ClN5O/c16-12-5-3-4-11-14(12)21(9-15(11)6-1-2-7-15)13(22)8-20-10-17-18-19-20/h3-5,10H,1-2,6-9H2. The number of carbonyl (C=O) groups is 1. The minimum atomic E-state index is -0.0228. The molecule has 114 valence electrons. The number of tetrazole rings is 1. The molecule has 0 atom stereocenters. The highest BCUT2D eigenvalue weighted by Gasteiger charge is 2.46. The van der Waals surface area contributed by atoms with Crippen molar-refractivity contribution in [3.8, 4) is 0 Å².